The molecular formula is C20H24N4O3S. The number of sulfonamides is 1. The molecule has 0 bridgehead atoms. The van der Waals surface area contributed by atoms with Crippen LogP contribution in [0.2, 0.25) is 0 Å². The number of carbonyl (C=O) groups excluding carboxylic acids is 1. The summed E-state index contributed by atoms with van der Waals surface area (Å²) in [6.45, 7) is 5.80. The fourth-order valence-corrected chi connectivity index (χ4v) is 4.18. The highest BCUT2D eigenvalue weighted by Gasteiger charge is 2.16. The van der Waals surface area contributed by atoms with Crippen molar-refractivity contribution in [2.75, 3.05) is 11.9 Å². The number of nitrogens with zero attached hydrogens (tertiary/aromatic N) is 2. The number of fused-ring (bicyclic) bond motifs is 1. The molecule has 0 unspecified atom stereocenters. The summed E-state index contributed by atoms with van der Waals surface area (Å²) < 4.78 is 29.8. The topological polar surface area (TPSA) is 93.1 Å². The van der Waals surface area contributed by atoms with Crippen LogP contribution in [0.15, 0.2) is 53.4 Å². The van der Waals surface area contributed by atoms with Crippen molar-refractivity contribution in [2.24, 2.45) is 0 Å². The fourth-order valence-electron chi connectivity index (χ4n) is 3.15. The van der Waals surface area contributed by atoms with Crippen LogP contribution in [0.1, 0.15) is 32.6 Å². The van der Waals surface area contributed by atoms with E-state index in [1.165, 1.54) is 19.1 Å². The zero-order valence-corrected chi connectivity index (χ0v) is 17.0. The smallest absolute Gasteiger partial charge is 0.240 e. The first kappa shape index (κ1) is 20.0. The zero-order valence-electron chi connectivity index (χ0n) is 16.1. The van der Waals surface area contributed by atoms with Gasteiger partial charge in [-0.1, -0.05) is 12.1 Å². The van der Waals surface area contributed by atoms with E-state index in [1.54, 1.807) is 12.1 Å². The van der Waals surface area contributed by atoms with Crippen molar-refractivity contribution < 1.29 is 13.2 Å². The van der Waals surface area contributed by atoms with Crippen molar-refractivity contribution >= 4 is 32.7 Å². The van der Waals surface area contributed by atoms with Crippen LogP contribution in [0, 0.1) is 0 Å². The Morgan fingerprint density at radius 2 is 1.79 bits per heavy atom. The van der Waals surface area contributed by atoms with Gasteiger partial charge in [-0.3, -0.25) is 4.79 Å². The summed E-state index contributed by atoms with van der Waals surface area (Å²) in [5.41, 5.74) is 2.50. The molecule has 3 rings (SSSR count). The lowest BCUT2D eigenvalue weighted by Gasteiger charge is -2.13. The van der Waals surface area contributed by atoms with E-state index >= 15 is 0 Å². The van der Waals surface area contributed by atoms with Crippen molar-refractivity contribution in [3.05, 3.63) is 54.4 Å². The standard InChI is InChI=1S/C20H24N4O3S/c1-14(2)24-19-7-5-4-6-18(19)23-20(24)12-13-21-28(26,27)17-10-8-16(9-11-17)22-15(3)25/h4-11,14,21H,12-13H2,1-3H3,(H,22,25). The summed E-state index contributed by atoms with van der Waals surface area (Å²) in [4.78, 5) is 15.9. The predicted octanol–water partition coefficient (Wildman–Crippen LogP) is 3.10. The quantitative estimate of drug-likeness (QED) is 0.637. The molecule has 148 valence electrons. The second-order valence-electron chi connectivity index (χ2n) is 6.83. The molecule has 0 atom stereocenters. The van der Waals surface area contributed by atoms with Gasteiger partial charge in [0, 0.05) is 31.6 Å². The maximum Gasteiger partial charge on any atom is 0.240 e. The Kier molecular flexibility index (Phi) is 5.81. The number of para-hydroxylation sites is 2. The van der Waals surface area contributed by atoms with E-state index in [0.717, 1.165) is 16.9 Å². The van der Waals surface area contributed by atoms with E-state index in [0.29, 0.717) is 12.1 Å². The number of rotatable bonds is 7. The molecule has 0 spiro atoms. The second kappa shape index (κ2) is 8.12. The Morgan fingerprint density at radius 1 is 1.11 bits per heavy atom. The van der Waals surface area contributed by atoms with E-state index in [9.17, 15) is 13.2 Å². The van der Waals surface area contributed by atoms with Crippen LogP contribution in [0.25, 0.3) is 11.0 Å². The third-order valence-corrected chi connectivity index (χ3v) is 5.79. The Labute approximate surface area is 164 Å². The molecule has 1 heterocycles. The lowest BCUT2D eigenvalue weighted by Crippen LogP contribution is -2.27. The number of hydrogen-bond acceptors (Lipinski definition) is 4. The summed E-state index contributed by atoms with van der Waals surface area (Å²) in [7, 11) is -3.64. The first-order valence-electron chi connectivity index (χ1n) is 9.11. The third kappa shape index (κ3) is 4.40. The number of carbonyl (C=O) groups is 1. The van der Waals surface area contributed by atoms with Gasteiger partial charge in [0.25, 0.3) is 0 Å². The van der Waals surface area contributed by atoms with Gasteiger partial charge in [-0.05, 0) is 50.2 Å². The normalized spacial score (nSPS) is 11.9. The monoisotopic (exact) mass is 400 g/mol. The molecule has 1 amide bonds. The molecule has 0 aliphatic carbocycles. The van der Waals surface area contributed by atoms with E-state index in [1.807, 2.05) is 24.3 Å². The summed E-state index contributed by atoms with van der Waals surface area (Å²) in [5.74, 6) is 0.640. The van der Waals surface area contributed by atoms with Gasteiger partial charge < -0.3 is 9.88 Å². The molecule has 0 aliphatic heterocycles. The first-order valence-corrected chi connectivity index (χ1v) is 10.6. The molecule has 3 aromatic rings. The van der Waals surface area contributed by atoms with Crippen molar-refractivity contribution in [1.82, 2.24) is 14.3 Å². The van der Waals surface area contributed by atoms with Crippen LogP contribution < -0.4 is 10.0 Å². The number of aromatic nitrogens is 2. The molecular weight excluding hydrogens is 376 g/mol. The minimum absolute atomic E-state index is 0.152. The van der Waals surface area contributed by atoms with E-state index < -0.39 is 10.0 Å². The van der Waals surface area contributed by atoms with E-state index in [4.69, 9.17) is 0 Å². The highest BCUT2D eigenvalue weighted by atomic mass is 32.2. The minimum Gasteiger partial charge on any atom is -0.326 e. The van der Waals surface area contributed by atoms with Crippen LogP contribution in [0.4, 0.5) is 5.69 Å². The number of anilines is 1. The van der Waals surface area contributed by atoms with Crippen molar-refractivity contribution in [1.29, 1.82) is 0 Å². The minimum atomic E-state index is -3.64. The molecule has 8 heteroatoms. The average molecular weight is 401 g/mol. The van der Waals surface area contributed by atoms with Gasteiger partial charge in [0.05, 0.1) is 15.9 Å². The van der Waals surface area contributed by atoms with Crippen molar-refractivity contribution in [3.63, 3.8) is 0 Å². The Morgan fingerprint density at radius 3 is 2.43 bits per heavy atom. The molecule has 28 heavy (non-hydrogen) atoms. The summed E-state index contributed by atoms with van der Waals surface area (Å²) in [6, 6.07) is 14.2. The molecule has 0 aliphatic rings. The van der Waals surface area contributed by atoms with Gasteiger partial charge >= 0.3 is 0 Å². The molecule has 0 radical (unpaired) electrons. The zero-order chi connectivity index (χ0) is 20.3. The predicted molar refractivity (Wildman–Crippen MR) is 110 cm³/mol. The molecule has 0 saturated heterocycles. The number of amides is 1. The van der Waals surface area contributed by atoms with Gasteiger partial charge in [0.2, 0.25) is 15.9 Å². The first-order chi connectivity index (χ1) is 13.3. The maximum atomic E-state index is 12.5. The lowest BCUT2D eigenvalue weighted by molar-refractivity contribution is -0.114. The maximum absolute atomic E-state index is 12.5. The van der Waals surface area contributed by atoms with Crippen LogP contribution in [0.3, 0.4) is 0 Å². The summed E-state index contributed by atoms with van der Waals surface area (Å²) in [5, 5.41) is 2.61. The summed E-state index contributed by atoms with van der Waals surface area (Å²) >= 11 is 0. The average Bonchev–Trinajstić information content (AvgIpc) is 3.00. The number of imidazole rings is 1. The van der Waals surface area contributed by atoms with E-state index in [2.05, 4.69) is 33.4 Å². The van der Waals surface area contributed by atoms with Crippen LogP contribution in [-0.2, 0) is 21.2 Å². The number of nitrogens with one attached hydrogen (secondary N) is 2. The van der Waals surface area contributed by atoms with Crippen LogP contribution in [-0.4, -0.2) is 30.4 Å². The molecule has 0 saturated carbocycles. The molecule has 0 fully saturated rings. The second-order valence-corrected chi connectivity index (χ2v) is 8.60. The Bertz CT molecular complexity index is 1090. The van der Waals surface area contributed by atoms with Crippen molar-refractivity contribution in [3.8, 4) is 0 Å². The number of hydrogen-bond donors (Lipinski definition) is 2. The third-order valence-electron chi connectivity index (χ3n) is 4.31. The lowest BCUT2D eigenvalue weighted by atomic mass is 10.3. The number of benzene rings is 2. The van der Waals surface area contributed by atoms with Gasteiger partial charge in [-0.2, -0.15) is 0 Å². The molecule has 2 aromatic carbocycles. The largest absolute Gasteiger partial charge is 0.326 e. The van der Waals surface area contributed by atoms with Gasteiger partial charge in [0.15, 0.2) is 0 Å². The van der Waals surface area contributed by atoms with Gasteiger partial charge in [-0.25, -0.2) is 18.1 Å². The Hall–Kier alpha value is -2.71. The molecule has 1 aromatic heterocycles. The van der Waals surface area contributed by atoms with Gasteiger partial charge in [-0.15, -0.1) is 0 Å². The van der Waals surface area contributed by atoms with Crippen LogP contribution in [0.5, 0.6) is 0 Å². The van der Waals surface area contributed by atoms with Gasteiger partial charge in [0.1, 0.15) is 5.82 Å². The Balaban J connectivity index is 1.71. The molecule has 7 nitrogen and oxygen atoms in total. The SMILES string of the molecule is CC(=O)Nc1ccc(S(=O)(=O)NCCc2nc3ccccc3n2C(C)C)cc1. The summed E-state index contributed by atoms with van der Waals surface area (Å²) in [6.07, 6.45) is 0.482. The van der Waals surface area contributed by atoms with E-state index in [-0.39, 0.29) is 23.4 Å². The highest BCUT2D eigenvalue weighted by molar-refractivity contribution is 7.89. The molecule has 2 N–H and O–H groups in total. The van der Waals surface area contributed by atoms with Crippen LogP contribution >= 0.6 is 0 Å². The fraction of sp³-hybridized carbons (Fsp3) is 0.300. The van der Waals surface area contributed by atoms with Crippen molar-refractivity contribution in [2.45, 2.75) is 38.1 Å². The highest BCUT2D eigenvalue weighted by Crippen LogP contribution is 2.21.